The van der Waals surface area contributed by atoms with Crippen LogP contribution < -0.4 is 10.6 Å². The molecule has 1 aromatic heterocycles. The van der Waals surface area contributed by atoms with Gasteiger partial charge in [-0.2, -0.15) is 26.3 Å². The van der Waals surface area contributed by atoms with Crippen LogP contribution in [0.3, 0.4) is 0 Å². The van der Waals surface area contributed by atoms with Gasteiger partial charge in [-0.05, 0) is 30.3 Å². The molecule has 0 radical (unpaired) electrons. The molecular formula is C14H9F6N3O. The highest BCUT2D eigenvalue weighted by Crippen LogP contribution is 2.31. The van der Waals surface area contributed by atoms with Crippen molar-refractivity contribution < 1.29 is 31.1 Å². The molecular weight excluding hydrogens is 340 g/mol. The topological polar surface area (TPSA) is 54.0 Å². The zero-order valence-corrected chi connectivity index (χ0v) is 11.7. The Labute approximate surface area is 131 Å². The maximum absolute atomic E-state index is 12.6. The van der Waals surface area contributed by atoms with Gasteiger partial charge in [0.15, 0.2) is 0 Å². The van der Waals surface area contributed by atoms with Crippen LogP contribution in [0.4, 0.5) is 43.5 Å². The van der Waals surface area contributed by atoms with E-state index < -0.39 is 23.8 Å². The van der Waals surface area contributed by atoms with Crippen molar-refractivity contribution in [2.75, 3.05) is 10.6 Å². The quantitative estimate of drug-likeness (QED) is 0.811. The smallest absolute Gasteiger partial charge is 0.340 e. The van der Waals surface area contributed by atoms with Crippen LogP contribution in [-0.2, 0) is 11.0 Å². The van der Waals surface area contributed by atoms with Crippen molar-refractivity contribution in [2.24, 2.45) is 0 Å². The van der Waals surface area contributed by atoms with E-state index in [0.29, 0.717) is 0 Å². The summed E-state index contributed by atoms with van der Waals surface area (Å²) in [6.07, 6.45) is -8.59. The van der Waals surface area contributed by atoms with Crippen molar-refractivity contribution in [3.63, 3.8) is 0 Å². The first-order valence-corrected chi connectivity index (χ1v) is 6.34. The molecule has 0 unspecified atom stereocenters. The average Bonchev–Trinajstić information content (AvgIpc) is 2.48. The van der Waals surface area contributed by atoms with Gasteiger partial charge < -0.3 is 10.6 Å². The van der Waals surface area contributed by atoms with Crippen molar-refractivity contribution in [1.29, 1.82) is 0 Å². The van der Waals surface area contributed by atoms with Gasteiger partial charge in [-0.1, -0.05) is 6.07 Å². The highest BCUT2D eigenvalue weighted by Gasteiger charge is 2.38. The Hall–Kier alpha value is -2.78. The molecule has 2 rings (SSSR count). The fraction of sp³-hybridized carbons (Fsp3) is 0.143. The van der Waals surface area contributed by atoms with Gasteiger partial charge in [0, 0.05) is 5.69 Å². The molecule has 0 saturated carbocycles. The predicted octanol–water partition coefficient (Wildman–Crippen LogP) is 4.34. The van der Waals surface area contributed by atoms with Crippen LogP contribution >= 0.6 is 0 Å². The number of nitrogens with zero attached hydrogens (tertiary/aromatic N) is 1. The summed E-state index contributed by atoms with van der Waals surface area (Å²) in [4.78, 5) is 14.5. The van der Waals surface area contributed by atoms with Gasteiger partial charge in [-0.25, -0.2) is 4.98 Å². The maximum Gasteiger partial charge on any atom is 0.471 e. The first-order chi connectivity index (χ1) is 11.1. The number of aromatic nitrogens is 1. The van der Waals surface area contributed by atoms with Crippen molar-refractivity contribution in [1.82, 2.24) is 4.98 Å². The van der Waals surface area contributed by atoms with E-state index in [-0.39, 0.29) is 17.2 Å². The number of halogens is 6. The summed E-state index contributed by atoms with van der Waals surface area (Å²) in [6, 6.07) is 6.67. The fourth-order valence-corrected chi connectivity index (χ4v) is 1.66. The lowest BCUT2D eigenvalue weighted by Crippen LogP contribution is -2.29. The lowest BCUT2D eigenvalue weighted by atomic mass is 10.2. The molecule has 2 aromatic rings. The van der Waals surface area contributed by atoms with E-state index in [0.717, 1.165) is 24.4 Å². The number of hydrogen-bond acceptors (Lipinski definition) is 3. The van der Waals surface area contributed by atoms with Crippen LogP contribution in [0.25, 0.3) is 0 Å². The third-order valence-electron chi connectivity index (χ3n) is 2.74. The molecule has 0 aliphatic heterocycles. The molecule has 0 aliphatic rings. The van der Waals surface area contributed by atoms with E-state index in [1.807, 2.05) is 0 Å². The molecule has 0 fully saturated rings. The molecule has 4 nitrogen and oxygen atoms in total. The van der Waals surface area contributed by atoms with E-state index in [2.05, 4.69) is 10.3 Å². The van der Waals surface area contributed by atoms with Gasteiger partial charge in [0.05, 0.1) is 17.4 Å². The summed E-state index contributed by atoms with van der Waals surface area (Å²) in [5, 5.41) is 4.18. The van der Waals surface area contributed by atoms with Crippen molar-refractivity contribution >= 4 is 23.1 Å². The molecule has 10 heteroatoms. The molecule has 0 saturated heterocycles. The maximum atomic E-state index is 12.6. The van der Waals surface area contributed by atoms with Gasteiger partial charge in [-0.15, -0.1) is 0 Å². The Morgan fingerprint density at radius 2 is 1.67 bits per heavy atom. The lowest BCUT2D eigenvalue weighted by molar-refractivity contribution is -0.167. The SMILES string of the molecule is O=C(Nc1ccc(Nc2cccc(C(F)(F)F)c2)nc1)C(F)(F)F. The van der Waals surface area contributed by atoms with E-state index in [9.17, 15) is 31.1 Å². The van der Waals surface area contributed by atoms with E-state index in [1.54, 1.807) is 5.32 Å². The Kier molecular flexibility index (Phi) is 4.67. The van der Waals surface area contributed by atoms with Crippen molar-refractivity contribution in [3.8, 4) is 0 Å². The fourth-order valence-electron chi connectivity index (χ4n) is 1.66. The molecule has 0 aliphatic carbocycles. The van der Waals surface area contributed by atoms with Crippen LogP contribution in [-0.4, -0.2) is 17.1 Å². The Balaban J connectivity index is 2.08. The van der Waals surface area contributed by atoms with E-state index in [1.165, 1.54) is 18.2 Å². The van der Waals surface area contributed by atoms with Crippen LogP contribution in [0.15, 0.2) is 42.6 Å². The highest BCUT2D eigenvalue weighted by molar-refractivity contribution is 5.94. The van der Waals surface area contributed by atoms with E-state index in [4.69, 9.17) is 0 Å². The van der Waals surface area contributed by atoms with Crippen LogP contribution in [0.2, 0.25) is 0 Å². The van der Waals surface area contributed by atoms with Gasteiger partial charge in [0.2, 0.25) is 0 Å². The Bertz CT molecular complexity index is 725. The van der Waals surface area contributed by atoms with E-state index >= 15 is 0 Å². The molecule has 128 valence electrons. The molecule has 24 heavy (non-hydrogen) atoms. The number of carbonyl (C=O) groups excluding carboxylic acids is 1. The third kappa shape index (κ3) is 4.61. The second-order valence-corrected chi connectivity index (χ2v) is 4.59. The number of alkyl halides is 6. The molecule has 1 aromatic carbocycles. The Morgan fingerprint density at radius 1 is 0.958 bits per heavy atom. The normalized spacial score (nSPS) is 11.9. The summed E-state index contributed by atoms with van der Waals surface area (Å²) >= 11 is 0. The second-order valence-electron chi connectivity index (χ2n) is 4.59. The standard InChI is InChI=1S/C14H9F6N3O/c15-13(16,17)8-2-1-3-9(6-8)22-11-5-4-10(7-21-11)23-12(24)14(18,19)20/h1-7H,(H,21,22)(H,23,24). The number of anilines is 3. The summed E-state index contributed by atoms with van der Waals surface area (Å²) in [7, 11) is 0. The van der Waals surface area contributed by atoms with Crippen LogP contribution in [0.1, 0.15) is 5.56 Å². The number of rotatable bonds is 3. The zero-order chi connectivity index (χ0) is 18.0. The number of amides is 1. The van der Waals surface area contributed by atoms with Gasteiger partial charge in [0.25, 0.3) is 0 Å². The highest BCUT2D eigenvalue weighted by atomic mass is 19.4. The second kappa shape index (κ2) is 6.38. The Morgan fingerprint density at radius 3 is 2.21 bits per heavy atom. The largest absolute Gasteiger partial charge is 0.471 e. The third-order valence-corrected chi connectivity index (χ3v) is 2.74. The van der Waals surface area contributed by atoms with Crippen molar-refractivity contribution in [2.45, 2.75) is 12.4 Å². The number of pyridine rings is 1. The average molecular weight is 349 g/mol. The minimum Gasteiger partial charge on any atom is -0.340 e. The molecule has 1 heterocycles. The van der Waals surface area contributed by atoms with Gasteiger partial charge in [-0.3, -0.25) is 4.79 Å². The molecule has 0 atom stereocenters. The van der Waals surface area contributed by atoms with Gasteiger partial charge in [0.1, 0.15) is 5.82 Å². The summed E-state index contributed by atoms with van der Waals surface area (Å²) in [5.41, 5.74) is -0.960. The number of benzene rings is 1. The molecule has 1 amide bonds. The number of hydrogen-bond donors (Lipinski definition) is 2. The minimum absolute atomic E-state index is 0.0966. The minimum atomic E-state index is -5.03. The number of carbonyl (C=O) groups is 1. The van der Waals surface area contributed by atoms with Crippen molar-refractivity contribution in [3.05, 3.63) is 48.2 Å². The summed E-state index contributed by atoms with van der Waals surface area (Å²) < 4.78 is 74.1. The summed E-state index contributed by atoms with van der Waals surface area (Å²) in [6.45, 7) is 0. The van der Waals surface area contributed by atoms with Crippen LogP contribution in [0, 0.1) is 0 Å². The first-order valence-electron chi connectivity index (χ1n) is 6.34. The lowest BCUT2D eigenvalue weighted by Gasteiger charge is -2.11. The molecule has 2 N–H and O–H groups in total. The molecule has 0 spiro atoms. The zero-order valence-electron chi connectivity index (χ0n) is 11.7. The molecule has 0 bridgehead atoms. The predicted molar refractivity (Wildman–Crippen MR) is 73.6 cm³/mol. The van der Waals surface area contributed by atoms with Gasteiger partial charge >= 0.3 is 18.3 Å². The van der Waals surface area contributed by atoms with Crippen LogP contribution in [0.5, 0.6) is 0 Å². The number of nitrogens with one attached hydrogen (secondary N) is 2. The first kappa shape index (κ1) is 17.6. The monoisotopic (exact) mass is 349 g/mol. The summed E-state index contributed by atoms with van der Waals surface area (Å²) in [5.74, 6) is -2.05.